The molecule has 0 amide bonds. The van der Waals surface area contributed by atoms with Gasteiger partial charge in [-0.05, 0) is 23.9 Å². The summed E-state index contributed by atoms with van der Waals surface area (Å²) < 4.78 is 27.2. The standard InChI is InChI=1S/C9H7F2N5S/c10-5-1-4(8(12)13)2-6(11)7(5)17-9-14-3-15-16-9/h1-3H,(H3,12,13)(H,14,15,16). The van der Waals surface area contributed by atoms with Gasteiger partial charge in [-0.3, -0.25) is 10.5 Å². The molecule has 1 aromatic heterocycles. The van der Waals surface area contributed by atoms with Gasteiger partial charge in [0.25, 0.3) is 0 Å². The number of hydrogen-bond donors (Lipinski definition) is 3. The zero-order valence-corrected chi connectivity index (χ0v) is 9.18. The van der Waals surface area contributed by atoms with E-state index in [0.717, 1.165) is 23.9 Å². The molecule has 0 spiro atoms. The molecule has 1 aromatic carbocycles. The van der Waals surface area contributed by atoms with Gasteiger partial charge in [-0.1, -0.05) is 0 Å². The number of halogens is 2. The summed E-state index contributed by atoms with van der Waals surface area (Å²) in [6.07, 6.45) is 1.24. The van der Waals surface area contributed by atoms with Gasteiger partial charge in [0.15, 0.2) is 5.16 Å². The zero-order chi connectivity index (χ0) is 12.4. The second-order valence-corrected chi connectivity index (χ2v) is 4.07. The van der Waals surface area contributed by atoms with Gasteiger partial charge < -0.3 is 5.73 Å². The van der Waals surface area contributed by atoms with E-state index in [2.05, 4.69) is 15.2 Å². The van der Waals surface area contributed by atoms with Gasteiger partial charge in [0.05, 0.1) is 4.90 Å². The monoisotopic (exact) mass is 255 g/mol. The molecule has 17 heavy (non-hydrogen) atoms. The Kier molecular flexibility index (Phi) is 3.05. The lowest BCUT2D eigenvalue weighted by Crippen LogP contribution is -2.12. The van der Waals surface area contributed by atoms with Gasteiger partial charge in [-0.2, -0.15) is 5.10 Å². The van der Waals surface area contributed by atoms with E-state index in [1.54, 1.807) is 0 Å². The van der Waals surface area contributed by atoms with Gasteiger partial charge in [0, 0.05) is 5.56 Å². The van der Waals surface area contributed by atoms with Crippen LogP contribution < -0.4 is 5.73 Å². The van der Waals surface area contributed by atoms with Crippen molar-refractivity contribution in [3.63, 3.8) is 0 Å². The molecule has 2 aromatic rings. The number of aromatic nitrogens is 3. The Hall–Kier alpha value is -1.96. The molecular weight excluding hydrogens is 248 g/mol. The first-order valence-electron chi connectivity index (χ1n) is 4.44. The zero-order valence-electron chi connectivity index (χ0n) is 8.37. The van der Waals surface area contributed by atoms with Crippen molar-refractivity contribution >= 4 is 17.6 Å². The first-order chi connectivity index (χ1) is 8.08. The number of nitrogens with one attached hydrogen (secondary N) is 2. The van der Waals surface area contributed by atoms with Crippen molar-refractivity contribution in [2.24, 2.45) is 5.73 Å². The van der Waals surface area contributed by atoms with Crippen LogP contribution >= 0.6 is 11.8 Å². The Morgan fingerprint density at radius 1 is 1.35 bits per heavy atom. The minimum atomic E-state index is -0.795. The predicted molar refractivity (Wildman–Crippen MR) is 57.9 cm³/mol. The molecule has 0 saturated heterocycles. The molecule has 0 unspecified atom stereocenters. The first kappa shape index (κ1) is 11.5. The minimum absolute atomic E-state index is 0.00178. The van der Waals surface area contributed by atoms with E-state index in [4.69, 9.17) is 11.1 Å². The average Bonchev–Trinajstić information content (AvgIpc) is 2.75. The smallest absolute Gasteiger partial charge is 0.188 e. The number of nitrogens with zero attached hydrogens (tertiary/aromatic N) is 2. The normalized spacial score (nSPS) is 10.5. The van der Waals surface area contributed by atoms with Gasteiger partial charge in [-0.15, -0.1) is 0 Å². The van der Waals surface area contributed by atoms with Gasteiger partial charge in [-0.25, -0.2) is 13.8 Å². The van der Waals surface area contributed by atoms with Crippen LogP contribution in [-0.4, -0.2) is 21.0 Å². The summed E-state index contributed by atoms with van der Waals surface area (Å²) in [5, 5.41) is 13.4. The Labute approximate surface area is 98.9 Å². The SMILES string of the molecule is N=C(N)c1cc(F)c(Sc2ncn[nH]2)c(F)c1. The van der Waals surface area contributed by atoms with Crippen molar-refractivity contribution in [3.8, 4) is 0 Å². The molecule has 0 saturated carbocycles. The third-order valence-electron chi connectivity index (χ3n) is 1.90. The van der Waals surface area contributed by atoms with Gasteiger partial charge >= 0.3 is 0 Å². The van der Waals surface area contributed by atoms with Crippen molar-refractivity contribution in [2.45, 2.75) is 10.1 Å². The summed E-state index contributed by atoms with van der Waals surface area (Å²) in [5.41, 5.74) is 5.15. The Morgan fingerprint density at radius 3 is 2.47 bits per heavy atom. The van der Waals surface area contributed by atoms with Crippen LogP contribution in [0.2, 0.25) is 0 Å². The van der Waals surface area contributed by atoms with Crippen LogP contribution in [-0.2, 0) is 0 Å². The highest BCUT2D eigenvalue weighted by Gasteiger charge is 2.15. The number of hydrogen-bond acceptors (Lipinski definition) is 4. The summed E-state index contributed by atoms with van der Waals surface area (Å²) in [7, 11) is 0. The molecule has 2 rings (SSSR count). The fourth-order valence-electron chi connectivity index (χ4n) is 1.15. The van der Waals surface area contributed by atoms with E-state index in [-0.39, 0.29) is 21.5 Å². The van der Waals surface area contributed by atoms with E-state index >= 15 is 0 Å². The van der Waals surface area contributed by atoms with Crippen molar-refractivity contribution < 1.29 is 8.78 Å². The molecule has 8 heteroatoms. The molecule has 0 aliphatic rings. The van der Waals surface area contributed by atoms with Gasteiger partial charge in [0.1, 0.15) is 23.8 Å². The van der Waals surface area contributed by atoms with E-state index in [9.17, 15) is 8.78 Å². The van der Waals surface area contributed by atoms with Crippen molar-refractivity contribution in [2.75, 3.05) is 0 Å². The Morgan fingerprint density at radius 2 is 2.00 bits per heavy atom. The summed E-state index contributed by atoms with van der Waals surface area (Å²) in [4.78, 5) is 3.53. The fourth-order valence-corrected chi connectivity index (χ4v) is 1.86. The van der Waals surface area contributed by atoms with E-state index in [1.807, 2.05) is 0 Å². The molecule has 0 atom stereocenters. The molecule has 88 valence electrons. The summed E-state index contributed by atoms with van der Waals surface area (Å²) >= 11 is 0.777. The molecule has 0 bridgehead atoms. The van der Waals surface area contributed by atoms with Crippen LogP contribution in [0.1, 0.15) is 5.56 Å². The second kappa shape index (κ2) is 4.50. The van der Waals surface area contributed by atoms with Crippen molar-refractivity contribution in [3.05, 3.63) is 35.7 Å². The van der Waals surface area contributed by atoms with Crippen LogP contribution in [0.5, 0.6) is 0 Å². The second-order valence-electron chi connectivity index (χ2n) is 3.08. The quantitative estimate of drug-likeness (QED) is 0.572. The van der Waals surface area contributed by atoms with E-state index < -0.39 is 11.6 Å². The number of nitrogens with two attached hydrogens (primary N) is 1. The molecular formula is C9H7F2N5S. The lowest BCUT2D eigenvalue weighted by Gasteiger charge is -2.05. The summed E-state index contributed by atoms with van der Waals surface area (Å²) in [6.45, 7) is 0. The highest BCUT2D eigenvalue weighted by molar-refractivity contribution is 7.99. The van der Waals surface area contributed by atoms with E-state index in [0.29, 0.717) is 0 Å². The largest absolute Gasteiger partial charge is 0.384 e. The lowest BCUT2D eigenvalue weighted by molar-refractivity contribution is 0.539. The third-order valence-corrected chi connectivity index (χ3v) is 2.89. The Bertz CT molecular complexity index is 532. The summed E-state index contributed by atoms with van der Waals surface area (Å²) in [6, 6.07) is 2.01. The first-order valence-corrected chi connectivity index (χ1v) is 5.26. The highest BCUT2D eigenvalue weighted by atomic mass is 32.2. The molecule has 4 N–H and O–H groups in total. The van der Waals surface area contributed by atoms with Crippen molar-refractivity contribution in [1.82, 2.24) is 15.2 Å². The molecule has 0 fully saturated rings. The molecule has 1 heterocycles. The van der Waals surface area contributed by atoms with Crippen LogP contribution in [0.15, 0.2) is 28.5 Å². The molecule has 0 radical (unpaired) electrons. The highest BCUT2D eigenvalue weighted by Crippen LogP contribution is 2.30. The number of H-pyrrole nitrogens is 1. The number of benzene rings is 1. The number of rotatable bonds is 3. The van der Waals surface area contributed by atoms with Crippen molar-refractivity contribution in [1.29, 1.82) is 5.41 Å². The number of nitrogen functional groups attached to an aromatic ring is 1. The maximum atomic E-state index is 13.6. The summed E-state index contributed by atoms with van der Waals surface area (Å²) in [5.74, 6) is -1.98. The van der Waals surface area contributed by atoms with E-state index in [1.165, 1.54) is 6.33 Å². The minimum Gasteiger partial charge on any atom is -0.384 e. The number of aromatic amines is 1. The lowest BCUT2D eigenvalue weighted by atomic mass is 10.2. The average molecular weight is 255 g/mol. The topological polar surface area (TPSA) is 91.4 Å². The fraction of sp³-hybridized carbons (Fsp3) is 0. The maximum absolute atomic E-state index is 13.6. The van der Waals surface area contributed by atoms with Gasteiger partial charge in [0.2, 0.25) is 0 Å². The maximum Gasteiger partial charge on any atom is 0.188 e. The van der Waals surface area contributed by atoms with Crippen LogP contribution in [0.25, 0.3) is 0 Å². The molecule has 0 aliphatic heterocycles. The third kappa shape index (κ3) is 2.41. The molecule has 0 aliphatic carbocycles. The molecule has 5 nitrogen and oxygen atoms in total. The number of amidine groups is 1. The van der Waals surface area contributed by atoms with Crippen LogP contribution in [0.4, 0.5) is 8.78 Å². The van der Waals surface area contributed by atoms with Crippen LogP contribution in [0.3, 0.4) is 0 Å². The Balaban J connectivity index is 2.38. The van der Waals surface area contributed by atoms with Crippen LogP contribution in [0, 0.1) is 17.0 Å². The predicted octanol–water partition coefficient (Wildman–Crippen LogP) is 1.52.